The van der Waals surface area contributed by atoms with Crippen molar-refractivity contribution in [3.63, 3.8) is 0 Å². The second kappa shape index (κ2) is 11.4. The van der Waals surface area contributed by atoms with Gasteiger partial charge in [-0.3, -0.25) is 14.4 Å². The van der Waals surface area contributed by atoms with E-state index in [1.807, 2.05) is 30.3 Å². The Morgan fingerprint density at radius 2 is 1.80 bits per heavy atom. The summed E-state index contributed by atoms with van der Waals surface area (Å²) in [7, 11) is 1.72. The Morgan fingerprint density at radius 3 is 2.42 bits per heavy atom. The second-order valence-corrected chi connectivity index (χ2v) is 12.7. The summed E-state index contributed by atoms with van der Waals surface area (Å²) in [6.45, 7) is 7.87. The molecule has 3 fully saturated rings. The van der Waals surface area contributed by atoms with Gasteiger partial charge in [-0.1, -0.05) is 54.1 Å². The number of nitrogens with zero attached hydrogens (tertiary/aromatic N) is 3. The molecule has 7 nitrogen and oxygen atoms in total. The van der Waals surface area contributed by atoms with Gasteiger partial charge in [0.1, 0.15) is 6.04 Å². The van der Waals surface area contributed by atoms with Crippen molar-refractivity contribution in [3.8, 4) is 0 Å². The lowest BCUT2D eigenvalue weighted by Gasteiger charge is -2.39. The number of thioether (sulfide) groups is 1. The molecule has 3 heterocycles. The van der Waals surface area contributed by atoms with Crippen LogP contribution in [0, 0.1) is 11.8 Å². The topological polar surface area (TPSA) is 81.2 Å². The van der Waals surface area contributed by atoms with E-state index >= 15 is 0 Å². The molecular weight excluding hydrogens is 546 g/mol. The Morgan fingerprint density at radius 1 is 1.12 bits per heavy atom. The fourth-order valence-electron chi connectivity index (χ4n) is 6.78. The van der Waals surface area contributed by atoms with Crippen molar-refractivity contribution in [1.82, 2.24) is 9.80 Å². The molecule has 5 rings (SSSR count). The first-order valence-corrected chi connectivity index (χ1v) is 14.7. The number of hydrogen-bond acceptors (Lipinski definition) is 5. The van der Waals surface area contributed by atoms with Crippen molar-refractivity contribution in [2.24, 2.45) is 11.8 Å². The van der Waals surface area contributed by atoms with Gasteiger partial charge in [0.25, 0.3) is 5.91 Å². The zero-order valence-electron chi connectivity index (χ0n) is 22.5. The summed E-state index contributed by atoms with van der Waals surface area (Å²) in [5.41, 5.74) is 1.37. The van der Waals surface area contributed by atoms with Crippen LogP contribution in [0.15, 0.2) is 79.9 Å². The number of aliphatic hydroxyl groups excluding tert-OH is 1. The average Bonchev–Trinajstić information content (AvgIpc) is 3.60. The minimum atomic E-state index is -0.879. The van der Waals surface area contributed by atoms with Gasteiger partial charge >= 0.3 is 0 Å². The number of benzene rings is 2. The van der Waals surface area contributed by atoms with Crippen LogP contribution in [0.1, 0.15) is 24.4 Å². The molecule has 2 bridgehead atoms. The first kappa shape index (κ1) is 28.5. The lowest BCUT2D eigenvalue weighted by Crippen LogP contribution is -2.56. The van der Waals surface area contributed by atoms with Gasteiger partial charge in [0.15, 0.2) is 0 Å². The number of halogens is 1. The molecule has 6 atom stereocenters. The third-order valence-electron chi connectivity index (χ3n) is 8.45. The molecule has 0 radical (unpaired) electrons. The van der Waals surface area contributed by atoms with Crippen LogP contribution in [0.3, 0.4) is 0 Å². The van der Waals surface area contributed by atoms with Crippen LogP contribution in [-0.4, -0.2) is 75.4 Å². The fourth-order valence-corrected chi connectivity index (χ4v) is 9.09. The van der Waals surface area contributed by atoms with Crippen molar-refractivity contribution in [1.29, 1.82) is 0 Å². The van der Waals surface area contributed by atoms with Gasteiger partial charge < -0.3 is 19.8 Å². The highest BCUT2D eigenvalue weighted by Gasteiger charge is 2.74. The van der Waals surface area contributed by atoms with Crippen LogP contribution in [0.4, 0.5) is 5.69 Å². The lowest BCUT2D eigenvalue weighted by atomic mass is 9.70. The number of likely N-dealkylation sites (tertiary alicyclic amines) is 1. The van der Waals surface area contributed by atoms with Crippen molar-refractivity contribution >= 4 is 46.8 Å². The Balaban J connectivity index is 1.64. The number of likely N-dealkylation sites (N-methyl/N-ethyl adjacent to an activating group) is 1. The molecule has 2 unspecified atom stereocenters. The number of anilines is 1. The summed E-state index contributed by atoms with van der Waals surface area (Å²) in [5, 5.41) is 11.2. The minimum Gasteiger partial charge on any atom is -0.394 e. The van der Waals surface area contributed by atoms with E-state index in [1.165, 1.54) is 0 Å². The molecule has 40 heavy (non-hydrogen) atoms. The Bertz CT molecular complexity index is 1310. The molecule has 3 aliphatic rings. The summed E-state index contributed by atoms with van der Waals surface area (Å²) in [6.07, 6.45) is 4.69. The molecule has 1 N–H and O–H groups in total. The van der Waals surface area contributed by atoms with Crippen LogP contribution in [0.5, 0.6) is 0 Å². The van der Waals surface area contributed by atoms with E-state index in [9.17, 15) is 19.5 Å². The smallest absolute Gasteiger partial charge is 0.251 e. The molecule has 1 spiro atoms. The summed E-state index contributed by atoms with van der Waals surface area (Å²) in [6, 6.07) is 14.7. The number of fused-ring (bicyclic) bond motifs is 1. The first-order valence-electron chi connectivity index (χ1n) is 13.5. The van der Waals surface area contributed by atoms with E-state index in [0.29, 0.717) is 23.7 Å². The standard InChI is InChI=1S/C31H34ClN3O4S/c1-4-17-33(3)28(37)25-24-15-16-31(40-24)26(25)29(38)35(23(19-36)20-9-7-6-8-10-20)27(31)30(39)34(18-5-2)22-13-11-21(32)12-14-22/h4-14,23-27,36H,1-2,15-19H2,3H3/t23-,24+,25-,26+,27?,31?/m1/s1. The molecule has 0 aliphatic carbocycles. The number of aliphatic hydroxyl groups is 1. The highest BCUT2D eigenvalue weighted by molar-refractivity contribution is 8.02. The minimum absolute atomic E-state index is 0.0566. The molecule has 0 aromatic heterocycles. The number of rotatable bonds is 10. The van der Waals surface area contributed by atoms with Gasteiger partial charge in [-0.2, -0.15) is 0 Å². The molecule has 210 valence electrons. The molecule has 9 heteroatoms. The molecule has 2 aromatic rings. The number of hydrogen-bond donors (Lipinski definition) is 1. The zero-order chi connectivity index (χ0) is 28.6. The molecular formula is C31H34ClN3O4S. The largest absolute Gasteiger partial charge is 0.394 e. The maximum atomic E-state index is 14.7. The van der Waals surface area contributed by atoms with Gasteiger partial charge in [0.05, 0.1) is 29.2 Å². The lowest BCUT2D eigenvalue weighted by molar-refractivity contribution is -0.145. The normalized spacial score (nSPS) is 27.3. The van der Waals surface area contributed by atoms with Gasteiger partial charge in [-0.15, -0.1) is 24.9 Å². The van der Waals surface area contributed by atoms with Gasteiger partial charge in [0.2, 0.25) is 11.8 Å². The van der Waals surface area contributed by atoms with Crippen LogP contribution in [-0.2, 0) is 14.4 Å². The summed E-state index contributed by atoms with van der Waals surface area (Å²) in [5.74, 6) is -1.83. The van der Waals surface area contributed by atoms with Gasteiger partial charge in [-0.25, -0.2) is 0 Å². The van der Waals surface area contributed by atoms with Gasteiger partial charge in [-0.05, 0) is 42.7 Å². The third-order valence-corrected chi connectivity index (χ3v) is 10.6. The number of amides is 3. The Kier molecular flexibility index (Phi) is 8.13. The molecule has 2 aromatic carbocycles. The highest BCUT2D eigenvalue weighted by atomic mass is 35.5. The van der Waals surface area contributed by atoms with E-state index in [-0.39, 0.29) is 36.1 Å². The fraction of sp³-hybridized carbons (Fsp3) is 0.387. The molecule has 3 amide bonds. The van der Waals surface area contributed by atoms with E-state index in [0.717, 1.165) is 12.0 Å². The molecule has 0 saturated carbocycles. The maximum Gasteiger partial charge on any atom is 0.251 e. The predicted octanol–water partition coefficient (Wildman–Crippen LogP) is 4.33. The van der Waals surface area contributed by atoms with Crippen LogP contribution < -0.4 is 4.90 Å². The predicted molar refractivity (Wildman–Crippen MR) is 159 cm³/mol. The third kappa shape index (κ3) is 4.56. The Labute approximate surface area is 244 Å². The van der Waals surface area contributed by atoms with Crippen LogP contribution in [0.2, 0.25) is 5.02 Å². The van der Waals surface area contributed by atoms with Crippen molar-refractivity contribution < 1.29 is 19.5 Å². The maximum absolute atomic E-state index is 14.7. The van der Waals surface area contributed by atoms with E-state index < -0.39 is 28.7 Å². The van der Waals surface area contributed by atoms with Crippen LogP contribution in [0.25, 0.3) is 0 Å². The van der Waals surface area contributed by atoms with Crippen LogP contribution >= 0.6 is 23.4 Å². The number of carbonyl (C=O) groups is 3. The van der Waals surface area contributed by atoms with E-state index in [4.69, 9.17) is 11.6 Å². The highest BCUT2D eigenvalue weighted by Crippen LogP contribution is 2.67. The molecule has 3 saturated heterocycles. The van der Waals surface area contributed by atoms with Crippen molar-refractivity contribution in [2.45, 2.75) is 34.9 Å². The zero-order valence-corrected chi connectivity index (χ0v) is 24.1. The van der Waals surface area contributed by atoms with Gasteiger partial charge in [0, 0.05) is 36.1 Å². The first-order chi connectivity index (χ1) is 19.3. The summed E-state index contributed by atoms with van der Waals surface area (Å²) in [4.78, 5) is 47.8. The quantitative estimate of drug-likeness (QED) is 0.424. The summed E-state index contributed by atoms with van der Waals surface area (Å²) < 4.78 is -0.789. The van der Waals surface area contributed by atoms with E-state index in [2.05, 4.69) is 13.2 Å². The SMILES string of the molecule is C=CCN(C)C(=O)[C@@H]1[C@@H]2CCC3(S2)C(C(=O)N(CC=C)c2ccc(Cl)cc2)N([C@H](CO)c2ccccc2)C(=O)[C@H]13. The monoisotopic (exact) mass is 579 g/mol. The van der Waals surface area contributed by atoms with E-state index in [1.54, 1.807) is 69.9 Å². The Hall–Kier alpha value is -3.07. The number of carbonyl (C=O) groups excluding carboxylic acids is 3. The average molecular weight is 580 g/mol. The summed E-state index contributed by atoms with van der Waals surface area (Å²) >= 11 is 7.75. The van der Waals surface area contributed by atoms with Crippen molar-refractivity contribution in [3.05, 3.63) is 90.5 Å². The second-order valence-electron chi connectivity index (χ2n) is 10.6. The molecule has 3 aliphatic heterocycles. The van der Waals surface area contributed by atoms with Crippen molar-refractivity contribution in [2.75, 3.05) is 31.6 Å².